The SMILES string of the molecule is Cc1ccccc1NC(=O)c1ccc(O)c(Br)c1. The predicted molar refractivity (Wildman–Crippen MR) is 74.9 cm³/mol. The molecule has 2 aromatic carbocycles. The summed E-state index contributed by atoms with van der Waals surface area (Å²) in [5.74, 6) is -0.0903. The van der Waals surface area contributed by atoms with E-state index in [1.165, 1.54) is 6.07 Å². The van der Waals surface area contributed by atoms with E-state index in [0.29, 0.717) is 10.0 Å². The molecule has 0 unspecified atom stereocenters. The van der Waals surface area contributed by atoms with Crippen LogP contribution >= 0.6 is 15.9 Å². The second-order valence-corrected chi connectivity index (χ2v) is 4.79. The lowest BCUT2D eigenvalue weighted by Crippen LogP contribution is -2.12. The standard InChI is InChI=1S/C14H12BrNO2/c1-9-4-2-3-5-12(9)16-14(18)10-6-7-13(17)11(15)8-10/h2-8,17H,1H3,(H,16,18). The highest BCUT2D eigenvalue weighted by Gasteiger charge is 2.09. The molecule has 0 aliphatic rings. The van der Waals surface area contributed by atoms with Gasteiger partial charge < -0.3 is 10.4 Å². The van der Waals surface area contributed by atoms with Gasteiger partial charge in [-0.3, -0.25) is 4.79 Å². The van der Waals surface area contributed by atoms with Crippen LogP contribution in [0.5, 0.6) is 5.75 Å². The molecular formula is C14H12BrNO2. The number of carbonyl (C=O) groups is 1. The van der Waals surface area contributed by atoms with E-state index in [1.807, 2.05) is 31.2 Å². The largest absolute Gasteiger partial charge is 0.507 e. The van der Waals surface area contributed by atoms with E-state index in [9.17, 15) is 9.90 Å². The van der Waals surface area contributed by atoms with Gasteiger partial charge in [0.1, 0.15) is 5.75 Å². The first kappa shape index (κ1) is 12.6. The van der Waals surface area contributed by atoms with Crippen molar-refractivity contribution >= 4 is 27.5 Å². The number of rotatable bonds is 2. The number of aromatic hydroxyl groups is 1. The van der Waals surface area contributed by atoms with Crippen LogP contribution in [0.25, 0.3) is 0 Å². The van der Waals surface area contributed by atoms with Crippen molar-refractivity contribution in [3.8, 4) is 5.75 Å². The maximum atomic E-state index is 12.0. The average molecular weight is 306 g/mol. The highest BCUT2D eigenvalue weighted by atomic mass is 79.9. The van der Waals surface area contributed by atoms with Gasteiger partial charge in [0.05, 0.1) is 4.47 Å². The maximum Gasteiger partial charge on any atom is 0.255 e. The highest BCUT2D eigenvalue weighted by molar-refractivity contribution is 9.10. The van der Waals surface area contributed by atoms with Gasteiger partial charge in [-0.15, -0.1) is 0 Å². The van der Waals surface area contributed by atoms with E-state index < -0.39 is 0 Å². The summed E-state index contributed by atoms with van der Waals surface area (Å²) in [5, 5.41) is 12.2. The van der Waals surface area contributed by atoms with Crippen molar-refractivity contribution in [2.24, 2.45) is 0 Å². The third-order valence-corrected chi connectivity index (χ3v) is 3.24. The molecule has 0 saturated heterocycles. The van der Waals surface area contributed by atoms with Crippen molar-refractivity contribution in [3.63, 3.8) is 0 Å². The molecule has 0 bridgehead atoms. The molecule has 0 spiro atoms. The Balaban J connectivity index is 2.22. The average Bonchev–Trinajstić information content (AvgIpc) is 2.35. The summed E-state index contributed by atoms with van der Waals surface area (Å²) in [5.41, 5.74) is 2.28. The number of para-hydroxylation sites is 1. The summed E-state index contributed by atoms with van der Waals surface area (Å²) in [6, 6.07) is 12.2. The monoisotopic (exact) mass is 305 g/mol. The molecular weight excluding hydrogens is 294 g/mol. The van der Waals surface area contributed by atoms with Crippen LogP contribution in [0, 0.1) is 6.92 Å². The molecule has 1 amide bonds. The van der Waals surface area contributed by atoms with Gasteiger partial charge in [0.25, 0.3) is 5.91 Å². The number of anilines is 1. The molecule has 4 heteroatoms. The van der Waals surface area contributed by atoms with Crippen molar-refractivity contribution in [1.29, 1.82) is 0 Å². The van der Waals surface area contributed by atoms with Gasteiger partial charge in [-0.2, -0.15) is 0 Å². The number of aryl methyl sites for hydroxylation is 1. The molecule has 0 radical (unpaired) electrons. The number of amides is 1. The first-order valence-electron chi connectivity index (χ1n) is 5.43. The lowest BCUT2D eigenvalue weighted by Gasteiger charge is -2.08. The fraction of sp³-hybridized carbons (Fsp3) is 0.0714. The number of nitrogens with one attached hydrogen (secondary N) is 1. The molecule has 2 aromatic rings. The Labute approximate surface area is 114 Å². The molecule has 3 nitrogen and oxygen atoms in total. The number of phenolic OH excluding ortho intramolecular Hbond substituents is 1. The Hall–Kier alpha value is -1.81. The van der Waals surface area contributed by atoms with Crippen LogP contribution in [0.15, 0.2) is 46.9 Å². The Morgan fingerprint density at radius 2 is 1.94 bits per heavy atom. The fourth-order valence-corrected chi connectivity index (χ4v) is 1.93. The van der Waals surface area contributed by atoms with E-state index in [4.69, 9.17) is 0 Å². The number of benzene rings is 2. The number of carbonyl (C=O) groups excluding carboxylic acids is 1. The Kier molecular flexibility index (Phi) is 3.67. The lowest BCUT2D eigenvalue weighted by molar-refractivity contribution is 0.102. The summed E-state index contributed by atoms with van der Waals surface area (Å²) < 4.78 is 0.500. The van der Waals surface area contributed by atoms with Crippen molar-refractivity contribution in [2.75, 3.05) is 5.32 Å². The quantitative estimate of drug-likeness (QED) is 0.888. The van der Waals surface area contributed by atoms with Crippen LogP contribution in [0.2, 0.25) is 0 Å². The van der Waals surface area contributed by atoms with Crippen molar-refractivity contribution in [1.82, 2.24) is 0 Å². The van der Waals surface area contributed by atoms with Crippen LogP contribution in [0.1, 0.15) is 15.9 Å². The molecule has 0 aliphatic heterocycles. The molecule has 0 fully saturated rings. The molecule has 0 saturated carbocycles. The number of halogens is 1. The topological polar surface area (TPSA) is 49.3 Å². The smallest absolute Gasteiger partial charge is 0.255 e. The van der Waals surface area contributed by atoms with Crippen molar-refractivity contribution in [2.45, 2.75) is 6.92 Å². The summed E-state index contributed by atoms with van der Waals surface area (Å²) in [4.78, 5) is 12.0. The predicted octanol–water partition coefficient (Wildman–Crippen LogP) is 3.72. The molecule has 2 N–H and O–H groups in total. The summed E-state index contributed by atoms with van der Waals surface area (Å²) >= 11 is 3.18. The van der Waals surface area contributed by atoms with Gasteiger partial charge in [-0.1, -0.05) is 18.2 Å². The van der Waals surface area contributed by atoms with Crippen molar-refractivity contribution in [3.05, 3.63) is 58.1 Å². The molecule has 0 atom stereocenters. The second-order valence-electron chi connectivity index (χ2n) is 3.94. The zero-order chi connectivity index (χ0) is 13.1. The molecule has 2 rings (SSSR count). The molecule has 0 aromatic heterocycles. The third-order valence-electron chi connectivity index (χ3n) is 2.60. The van der Waals surface area contributed by atoms with Crippen LogP contribution in [0.3, 0.4) is 0 Å². The van der Waals surface area contributed by atoms with Gasteiger partial charge >= 0.3 is 0 Å². The molecule has 0 heterocycles. The van der Waals surface area contributed by atoms with Crippen LogP contribution in [0.4, 0.5) is 5.69 Å². The fourth-order valence-electron chi connectivity index (χ4n) is 1.56. The normalized spacial score (nSPS) is 10.1. The Bertz CT molecular complexity index is 596. The summed E-state index contributed by atoms with van der Waals surface area (Å²) in [6.45, 7) is 1.93. The Morgan fingerprint density at radius 3 is 2.61 bits per heavy atom. The van der Waals surface area contributed by atoms with E-state index >= 15 is 0 Å². The highest BCUT2D eigenvalue weighted by Crippen LogP contribution is 2.25. The maximum absolute atomic E-state index is 12.0. The van der Waals surface area contributed by atoms with Crippen LogP contribution < -0.4 is 5.32 Å². The zero-order valence-corrected chi connectivity index (χ0v) is 11.4. The van der Waals surface area contributed by atoms with E-state index in [2.05, 4.69) is 21.2 Å². The van der Waals surface area contributed by atoms with Crippen LogP contribution in [-0.4, -0.2) is 11.0 Å². The van der Waals surface area contributed by atoms with Gasteiger partial charge in [-0.25, -0.2) is 0 Å². The summed E-state index contributed by atoms with van der Waals surface area (Å²) in [7, 11) is 0. The van der Waals surface area contributed by atoms with E-state index in [1.54, 1.807) is 12.1 Å². The van der Waals surface area contributed by atoms with Gasteiger partial charge in [0.15, 0.2) is 0 Å². The van der Waals surface area contributed by atoms with Gasteiger partial charge in [0, 0.05) is 11.3 Å². The second kappa shape index (κ2) is 5.23. The molecule has 92 valence electrons. The number of hydrogen-bond donors (Lipinski definition) is 2. The number of hydrogen-bond acceptors (Lipinski definition) is 2. The first-order chi connectivity index (χ1) is 8.58. The molecule has 0 aliphatic carbocycles. The zero-order valence-electron chi connectivity index (χ0n) is 9.77. The van der Waals surface area contributed by atoms with Gasteiger partial charge in [0.2, 0.25) is 0 Å². The lowest BCUT2D eigenvalue weighted by atomic mass is 10.1. The van der Waals surface area contributed by atoms with E-state index in [0.717, 1.165) is 11.3 Å². The van der Waals surface area contributed by atoms with Crippen molar-refractivity contribution < 1.29 is 9.90 Å². The summed E-state index contributed by atoms with van der Waals surface area (Å²) in [6.07, 6.45) is 0. The van der Waals surface area contributed by atoms with Crippen LogP contribution in [-0.2, 0) is 0 Å². The number of phenols is 1. The van der Waals surface area contributed by atoms with E-state index in [-0.39, 0.29) is 11.7 Å². The Morgan fingerprint density at radius 1 is 1.22 bits per heavy atom. The third kappa shape index (κ3) is 2.71. The first-order valence-corrected chi connectivity index (χ1v) is 6.23. The van der Waals surface area contributed by atoms with Gasteiger partial charge in [-0.05, 0) is 52.7 Å². The molecule has 18 heavy (non-hydrogen) atoms. The minimum Gasteiger partial charge on any atom is -0.507 e. The minimum absolute atomic E-state index is 0.113. The minimum atomic E-state index is -0.204.